The molecule has 0 bridgehead atoms. The number of rotatable bonds is 5. The Kier molecular flexibility index (Phi) is 4.88. The largest absolute Gasteiger partial charge is 0.369 e. The number of aryl methyl sites for hydroxylation is 1. The van der Waals surface area contributed by atoms with Gasteiger partial charge in [-0.25, -0.2) is 9.37 Å². The number of aromatic amines is 1. The molecule has 0 saturated carbocycles. The standard InChI is InChI=1S/C19H20ClFN4O2/c1-25-6-5-22-18(25)17-12(3-7-27-17)19(26)23-4-2-11-10-24-16-9-15(21)14(20)8-13(11)16/h5-6,8-10,12,17,24H,2-4,7H2,1H3,(H,23,26)/t12-,17-/m1/s1. The fourth-order valence-electron chi connectivity index (χ4n) is 3.60. The van der Waals surface area contributed by atoms with Crippen molar-refractivity contribution in [3.8, 4) is 0 Å². The summed E-state index contributed by atoms with van der Waals surface area (Å²) in [7, 11) is 1.89. The van der Waals surface area contributed by atoms with Crippen LogP contribution in [0.1, 0.15) is 23.9 Å². The van der Waals surface area contributed by atoms with Gasteiger partial charge in [-0.3, -0.25) is 4.79 Å². The fraction of sp³-hybridized carbons (Fsp3) is 0.368. The highest BCUT2D eigenvalue weighted by molar-refractivity contribution is 6.31. The molecule has 1 aromatic carbocycles. The number of halogens is 2. The summed E-state index contributed by atoms with van der Waals surface area (Å²) in [4.78, 5) is 20.0. The first-order chi connectivity index (χ1) is 13.0. The molecule has 2 atom stereocenters. The normalized spacial score (nSPS) is 19.7. The highest BCUT2D eigenvalue weighted by Crippen LogP contribution is 2.33. The number of fused-ring (bicyclic) bond motifs is 1. The van der Waals surface area contributed by atoms with Crippen LogP contribution in [0.5, 0.6) is 0 Å². The molecule has 0 aliphatic carbocycles. The summed E-state index contributed by atoms with van der Waals surface area (Å²) in [5.41, 5.74) is 1.67. The van der Waals surface area contributed by atoms with Crippen molar-refractivity contribution < 1.29 is 13.9 Å². The van der Waals surface area contributed by atoms with Crippen LogP contribution in [0, 0.1) is 11.7 Å². The Morgan fingerprint density at radius 3 is 3.15 bits per heavy atom. The summed E-state index contributed by atoms with van der Waals surface area (Å²) in [6.45, 7) is 1.02. The Balaban J connectivity index is 1.40. The maximum Gasteiger partial charge on any atom is 0.226 e. The Morgan fingerprint density at radius 2 is 2.37 bits per heavy atom. The molecule has 2 N–H and O–H groups in total. The van der Waals surface area contributed by atoms with E-state index in [2.05, 4.69) is 15.3 Å². The zero-order valence-corrected chi connectivity index (χ0v) is 15.6. The van der Waals surface area contributed by atoms with Crippen LogP contribution in [-0.2, 0) is 23.0 Å². The maximum atomic E-state index is 13.5. The van der Waals surface area contributed by atoms with E-state index in [4.69, 9.17) is 16.3 Å². The molecule has 0 spiro atoms. The Hall–Kier alpha value is -2.38. The van der Waals surface area contributed by atoms with Crippen molar-refractivity contribution in [2.24, 2.45) is 13.0 Å². The zero-order chi connectivity index (χ0) is 19.0. The molecular weight excluding hydrogens is 371 g/mol. The first kappa shape index (κ1) is 18.0. The molecule has 6 nitrogen and oxygen atoms in total. The fourth-order valence-corrected chi connectivity index (χ4v) is 3.76. The molecular formula is C19H20ClFN4O2. The van der Waals surface area contributed by atoms with Crippen LogP contribution in [0.25, 0.3) is 10.9 Å². The van der Waals surface area contributed by atoms with Gasteiger partial charge in [-0.1, -0.05) is 11.6 Å². The average Bonchev–Trinajstić information content (AvgIpc) is 3.36. The van der Waals surface area contributed by atoms with Crippen molar-refractivity contribution >= 4 is 28.4 Å². The number of hydrogen-bond donors (Lipinski definition) is 2. The molecule has 1 saturated heterocycles. The Morgan fingerprint density at radius 1 is 1.52 bits per heavy atom. The first-order valence-electron chi connectivity index (χ1n) is 8.86. The second-order valence-corrected chi connectivity index (χ2v) is 7.16. The number of carbonyl (C=O) groups excluding carboxylic acids is 1. The minimum absolute atomic E-state index is 0.0376. The first-order valence-corrected chi connectivity index (χ1v) is 9.24. The summed E-state index contributed by atoms with van der Waals surface area (Å²) >= 11 is 5.88. The quantitative estimate of drug-likeness (QED) is 0.703. The Bertz CT molecular complexity index is 983. The SMILES string of the molecule is Cn1ccnc1[C@@H]1OCC[C@H]1C(=O)NCCc1c[nH]c2cc(F)c(Cl)cc12. The summed E-state index contributed by atoms with van der Waals surface area (Å²) in [5.74, 6) is 0.0235. The van der Waals surface area contributed by atoms with E-state index in [0.29, 0.717) is 31.5 Å². The van der Waals surface area contributed by atoms with Crippen LogP contribution in [-0.4, -0.2) is 33.6 Å². The molecule has 2 aromatic heterocycles. The summed E-state index contributed by atoms with van der Waals surface area (Å²) in [5, 5.41) is 3.95. The smallest absolute Gasteiger partial charge is 0.226 e. The second kappa shape index (κ2) is 7.32. The molecule has 27 heavy (non-hydrogen) atoms. The van der Waals surface area contributed by atoms with Crippen molar-refractivity contribution in [2.45, 2.75) is 18.9 Å². The number of carbonyl (C=O) groups is 1. The number of benzene rings is 1. The minimum atomic E-state index is -0.451. The van der Waals surface area contributed by atoms with Crippen molar-refractivity contribution in [2.75, 3.05) is 13.2 Å². The molecule has 3 aromatic rings. The van der Waals surface area contributed by atoms with Gasteiger partial charge in [-0.15, -0.1) is 0 Å². The number of aromatic nitrogens is 3. The molecule has 4 rings (SSSR count). The van der Waals surface area contributed by atoms with E-state index in [1.54, 1.807) is 12.3 Å². The van der Waals surface area contributed by atoms with Gasteiger partial charge in [-0.2, -0.15) is 0 Å². The molecule has 1 aliphatic rings. The van der Waals surface area contributed by atoms with Crippen molar-refractivity contribution in [3.63, 3.8) is 0 Å². The molecule has 3 heterocycles. The van der Waals surface area contributed by atoms with Gasteiger partial charge in [-0.05, 0) is 30.5 Å². The lowest BCUT2D eigenvalue weighted by Crippen LogP contribution is -2.34. The molecule has 8 heteroatoms. The van der Waals surface area contributed by atoms with E-state index in [-0.39, 0.29) is 23.0 Å². The molecule has 0 radical (unpaired) electrons. The number of ether oxygens (including phenoxy) is 1. The van der Waals surface area contributed by atoms with E-state index in [0.717, 1.165) is 16.8 Å². The van der Waals surface area contributed by atoms with Gasteiger partial charge in [0.05, 0.1) is 10.9 Å². The van der Waals surface area contributed by atoms with Gasteiger partial charge in [0.1, 0.15) is 17.7 Å². The van der Waals surface area contributed by atoms with Crippen LogP contribution in [0.4, 0.5) is 4.39 Å². The van der Waals surface area contributed by atoms with Crippen molar-refractivity contribution in [1.82, 2.24) is 19.9 Å². The van der Waals surface area contributed by atoms with E-state index in [9.17, 15) is 9.18 Å². The van der Waals surface area contributed by atoms with Crippen molar-refractivity contribution in [3.05, 3.63) is 53.0 Å². The highest BCUT2D eigenvalue weighted by atomic mass is 35.5. The summed E-state index contributed by atoms with van der Waals surface area (Å²) in [6, 6.07) is 2.99. The summed E-state index contributed by atoms with van der Waals surface area (Å²) in [6.07, 6.45) is 6.34. The van der Waals surface area contributed by atoms with Crippen LogP contribution < -0.4 is 5.32 Å². The van der Waals surface area contributed by atoms with Crippen molar-refractivity contribution in [1.29, 1.82) is 0 Å². The topological polar surface area (TPSA) is 71.9 Å². The van der Waals surface area contributed by atoms with Crippen LogP contribution in [0.3, 0.4) is 0 Å². The lowest BCUT2D eigenvalue weighted by molar-refractivity contribution is -0.126. The highest BCUT2D eigenvalue weighted by Gasteiger charge is 2.37. The number of amides is 1. The van der Waals surface area contributed by atoms with E-state index in [1.807, 2.05) is 24.0 Å². The zero-order valence-electron chi connectivity index (χ0n) is 14.8. The lowest BCUT2D eigenvalue weighted by Gasteiger charge is -2.18. The number of nitrogens with one attached hydrogen (secondary N) is 2. The minimum Gasteiger partial charge on any atom is -0.369 e. The predicted octanol–water partition coefficient (Wildman–Crippen LogP) is 3.13. The number of hydrogen-bond acceptors (Lipinski definition) is 3. The van der Waals surface area contributed by atoms with Crippen LogP contribution in [0.15, 0.2) is 30.7 Å². The molecule has 0 unspecified atom stereocenters. The van der Waals surface area contributed by atoms with Gasteiger partial charge in [0.25, 0.3) is 0 Å². The maximum absolute atomic E-state index is 13.5. The van der Waals surface area contributed by atoms with Gasteiger partial charge >= 0.3 is 0 Å². The second-order valence-electron chi connectivity index (χ2n) is 6.75. The van der Waals surface area contributed by atoms with Crippen LogP contribution in [0.2, 0.25) is 5.02 Å². The van der Waals surface area contributed by atoms with E-state index < -0.39 is 5.82 Å². The monoisotopic (exact) mass is 390 g/mol. The average molecular weight is 391 g/mol. The number of nitrogens with zero attached hydrogens (tertiary/aromatic N) is 2. The predicted molar refractivity (Wildman–Crippen MR) is 100.0 cm³/mol. The molecule has 142 valence electrons. The van der Waals surface area contributed by atoms with Crippen LogP contribution >= 0.6 is 11.6 Å². The van der Waals surface area contributed by atoms with Gasteiger partial charge < -0.3 is 19.6 Å². The third kappa shape index (κ3) is 3.44. The molecule has 1 aliphatic heterocycles. The molecule has 1 fully saturated rings. The molecule has 1 amide bonds. The third-order valence-electron chi connectivity index (χ3n) is 5.04. The Labute approximate surface area is 160 Å². The van der Waals surface area contributed by atoms with E-state index >= 15 is 0 Å². The lowest BCUT2D eigenvalue weighted by atomic mass is 9.99. The number of imidazole rings is 1. The third-order valence-corrected chi connectivity index (χ3v) is 5.33. The van der Waals surface area contributed by atoms with E-state index in [1.165, 1.54) is 6.07 Å². The van der Waals surface area contributed by atoms with Gasteiger partial charge in [0.15, 0.2) is 0 Å². The number of H-pyrrole nitrogens is 1. The summed E-state index contributed by atoms with van der Waals surface area (Å²) < 4.78 is 21.2. The van der Waals surface area contributed by atoms with Gasteiger partial charge in [0, 0.05) is 49.7 Å². The van der Waals surface area contributed by atoms with Gasteiger partial charge in [0.2, 0.25) is 5.91 Å².